The van der Waals surface area contributed by atoms with E-state index >= 15 is 0 Å². The highest BCUT2D eigenvalue weighted by Gasteiger charge is 2.38. The van der Waals surface area contributed by atoms with Crippen LogP contribution < -0.4 is 10.6 Å². The van der Waals surface area contributed by atoms with Crippen LogP contribution in [0.4, 0.5) is 4.79 Å². The van der Waals surface area contributed by atoms with Crippen LogP contribution in [0.3, 0.4) is 0 Å². The first-order valence-corrected chi connectivity index (χ1v) is 13.6. The van der Waals surface area contributed by atoms with Gasteiger partial charge in [-0.3, -0.25) is 9.59 Å². The Bertz CT molecular complexity index is 841. The number of phenols is 1. The predicted molar refractivity (Wildman–Crippen MR) is 141 cm³/mol. The van der Waals surface area contributed by atoms with Crippen LogP contribution in [0.1, 0.15) is 79.3 Å². The third-order valence-electron chi connectivity index (χ3n) is 5.23. The summed E-state index contributed by atoms with van der Waals surface area (Å²) in [5, 5.41) is 15.8. The Kier molecular flexibility index (Phi) is 12.4. The Morgan fingerprint density at radius 2 is 1.77 bits per heavy atom. The van der Waals surface area contributed by atoms with Crippen LogP contribution in [0.5, 0.6) is 5.75 Å². The van der Waals surface area contributed by atoms with Crippen molar-refractivity contribution in [3.05, 3.63) is 29.8 Å². The maximum Gasteiger partial charge on any atom is 0.408 e. The standard InChI is InChI=1S/C26H43N3O5S/c1-9-11-18(4)27-23(31)22(19-12-10-13-20(30)16-19)29(17(2)3)24(32)21(14-15-35-8)28-25(33)34-26(5,6)7/h10,12-13,16-18,21-22,30H,9,11,14-15H2,1-8H3,(H,27,31)(H,28,33). The third kappa shape index (κ3) is 10.4. The van der Waals surface area contributed by atoms with Crippen LogP contribution >= 0.6 is 11.8 Å². The topological polar surface area (TPSA) is 108 Å². The van der Waals surface area contributed by atoms with E-state index < -0.39 is 23.8 Å². The molecule has 0 aromatic heterocycles. The number of carbonyl (C=O) groups is 3. The molecule has 0 fully saturated rings. The Balaban J connectivity index is 3.42. The van der Waals surface area contributed by atoms with Gasteiger partial charge >= 0.3 is 6.09 Å². The lowest BCUT2D eigenvalue weighted by Gasteiger charge is -2.37. The van der Waals surface area contributed by atoms with Gasteiger partial charge in [-0.15, -0.1) is 0 Å². The van der Waals surface area contributed by atoms with Gasteiger partial charge in [0.1, 0.15) is 23.4 Å². The van der Waals surface area contributed by atoms with Crippen molar-refractivity contribution in [2.45, 2.75) is 97.5 Å². The highest BCUT2D eigenvalue weighted by Crippen LogP contribution is 2.28. The molecule has 9 heteroatoms. The number of nitrogens with one attached hydrogen (secondary N) is 2. The Labute approximate surface area is 214 Å². The number of carbonyl (C=O) groups excluding carboxylic acids is 3. The monoisotopic (exact) mass is 509 g/mol. The Hall–Kier alpha value is -2.42. The van der Waals surface area contributed by atoms with Gasteiger partial charge in [-0.2, -0.15) is 11.8 Å². The molecule has 1 aromatic rings. The van der Waals surface area contributed by atoms with Crippen molar-refractivity contribution in [3.63, 3.8) is 0 Å². The van der Waals surface area contributed by atoms with Gasteiger partial charge in [0.25, 0.3) is 0 Å². The summed E-state index contributed by atoms with van der Waals surface area (Å²) in [7, 11) is 0. The van der Waals surface area contributed by atoms with Gasteiger partial charge in [-0.25, -0.2) is 4.79 Å². The molecule has 0 aliphatic heterocycles. The SMILES string of the molecule is CCCC(C)NC(=O)C(c1cccc(O)c1)N(C(=O)C(CCSC)NC(=O)OC(C)(C)C)C(C)C. The summed E-state index contributed by atoms with van der Waals surface area (Å²) in [4.78, 5) is 41.5. The molecule has 1 rings (SSSR count). The van der Waals surface area contributed by atoms with Gasteiger partial charge < -0.3 is 25.4 Å². The Morgan fingerprint density at radius 1 is 1.11 bits per heavy atom. The number of hydrogen-bond acceptors (Lipinski definition) is 6. The van der Waals surface area contributed by atoms with Crippen molar-refractivity contribution in [1.29, 1.82) is 0 Å². The van der Waals surface area contributed by atoms with E-state index in [1.807, 2.05) is 34.0 Å². The minimum atomic E-state index is -0.980. The highest BCUT2D eigenvalue weighted by atomic mass is 32.2. The lowest BCUT2D eigenvalue weighted by atomic mass is 9.99. The van der Waals surface area contributed by atoms with E-state index in [2.05, 4.69) is 10.6 Å². The van der Waals surface area contributed by atoms with Crippen LogP contribution in [0, 0.1) is 0 Å². The summed E-state index contributed by atoms with van der Waals surface area (Å²) in [5.41, 5.74) is -0.219. The van der Waals surface area contributed by atoms with Crippen LogP contribution in [0.25, 0.3) is 0 Å². The molecular formula is C26H43N3O5S. The molecular weight excluding hydrogens is 466 g/mol. The summed E-state index contributed by atoms with van der Waals surface area (Å²) in [6.45, 7) is 12.9. The molecule has 0 saturated heterocycles. The van der Waals surface area contributed by atoms with Crippen molar-refractivity contribution in [2.24, 2.45) is 0 Å². The van der Waals surface area contributed by atoms with E-state index in [-0.39, 0.29) is 29.6 Å². The van der Waals surface area contributed by atoms with Crippen molar-refractivity contribution < 1.29 is 24.2 Å². The molecule has 0 spiro atoms. The maximum atomic E-state index is 13.9. The zero-order valence-electron chi connectivity index (χ0n) is 22.4. The van der Waals surface area contributed by atoms with E-state index in [0.717, 1.165) is 12.8 Å². The number of rotatable bonds is 12. The van der Waals surface area contributed by atoms with Crippen molar-refractivity contribution in [2.75, 3.05) is 12.0 Å². The molecule has 0 aliphatic carbocycles. The highest BCUT2D eigenvalue weighted by molar-refractivity contribution is 7.98. The number of nitrogens with zero attached hydrogens (tertiary/aromatic N) is 1. The first kappa shape index (κ1) is 30.6. The van der Waals surface area contributed by atoms with Gasteiger partial charge in [0.2, 0.25) is 11.8 Å². The molecule has 0 aliphatic rings. The van der Waals surface area contributed by atoms with Crippen LogP contribution in [-0.2, 0) is 14.3 Å². The van der Waals surface area contributed by atoms with Gasteiger partial charge in [0, 0.05) is 12.1 Å². The summed E-state index contributed by atoms with van der Waals surface area (Å²) in [6.07, 6.45) is 3.32. The molecule has 3 atom stereocenters. The van der Waals surface area contributed by atoms with Crippen molar-refractivity contribution in [3.8, 4) is 5.75 Å². The quantitative estimate of drug-likeness (QED) is 0.379. The fourth-order valence-corrected chi connectivity index (χ4v) is 4.23. The predicted octanol–water partition coefficient (Wildman–Crippen LogP) is 4.62. The molecule has 3 N–H and O–H groups in total. The second kappa shape index (κ2) is 14.2. The van der Waals surface area contributed by atoms with Crippen molar-refractivity contribution >= 4 is 29.7 Å². The molecule has 0 heterocycles. The second-order valence-corrected chi connectivity index (χ2v) is 11.0. The molecule has 35 heavy (non-hydrogen) atoms. The van der Waals surface area contributed by atoms with Crippen molar-refractivity contribution in [1.82, 2.24) is 15.5 Å². The summed E-state index contributed by atoms with van der Waals surface area (Å²) in [5.74, 6) is -0.0795. The minimum Gasteiger partial charge on any atom is -0.508 e. The van der Waals surface area contributed by atoms with E-state index in [4.69, 9.17) is 4.74 Å². The van der Waals surface area contributed by atoms with Gasteiger partial charge in [-0.1, -0.05) is 25.5 Å². The first-order valence-electron chi connectivity index (χ1n) is 12.2. The normalized spacial score (nSPS) is 14.1. The smallest absolute Gasteiger partial charge is 0.408 e. The number of benzene rings is 1. The number of alkyl carbamates (subject to hydrolysis) is 1. The van der Waals surface area contributed by atoms with E-state index in [1.165, 1.54) is 17.0 Å². The summed E-state index contributed by atoms with van der Waals surface area (Å²) >= 11 is 1.56. The summed E-state index contributed by atoms with van der Waals surface area (Å²) in [6, 6.07) is 4.08. The fraction of sp³-hybridized carbons (Fsp3) is 0.654. The molecule has 3 amide bonds. The molecule has 198 valence electrons. The van der Waals surface area contributed by atoms with Crippen LogP contribution in [-0.4, -0.2) is 63.6 Å². The van der Waals surface area contributed by atoms with Gasteiger partial charge in [0.15, 0.2) is 0 Å². The van der Waals surface area contributed by atoms with Crippen LogP contribution in [0.2, 0.25) is 0 Å². The molecule has 8 nitrogen and oxygen atoms in total. The van der Waals surface area contributed by atoms with E-state index in [1.54, 1.807) is 44.7 Å². The average Bonchev–Trinajstić information content (AvgIpc) is 2.72. The zero-order valence-corrected chi connectivity index (χ0v) is 23.2. The van der Waals surface area contributed by atoms with E-state index in [9.17, 15) is 19.5 Å². The molecule has 0 bridgehead atoms. The summed E-state index contributed by atoms with van der Waals surface area (Å²) < 4.78 is 5.39. The fourth-order valence-electron chi connectivity index (χ4n) is 3.76. The second-order valence-electron chi connectivity index (χ2n) is 10.0. The number of aromatic hydroxyl groups is 1. The Morgan fingerprint density at radius 3 is 2.29 bits per heavy atom. The number of amides is 3. The number of thioether (sulfide) groups is 1. The number of phenolic OH excluding ortho intramolecular Hbond substituents is 1. The minimum absolute atomic E-state index is 0.00359. The molecule has 3 unspecified atom stereocenters. The van der Waals surface area contributed by atoms with Gasteiger partial charge in [0.05, 0.1) is 0 Å². The lowest BCUT2D eigenvalue weighted by molar-refractivity contribution is -0.144. The first-order chi connectivity index (χ1) is 16.3. The van der Waals surface area contributed by atoms with E-state index in [0.29, 0.717) is 17.7 Å². The molecule has 0 radical (unpaired) electrons. The maximum absolute atomic E-state index is 13.9. The zero-order chi connectivity index (χ0) is 26.8. The van der Waals surface area contributed by atoms with Gasteiger partial charge in [-0.05, 0) is 84.1 Å². The third-order valence-corrected chi connectivity index (χ3v) is 5.88. The molecule has 0 saturated carbocycles. The number of ether oxygens (including phenoxy) is 1. The van der Waals surface area contributed by atoms with Crippen LogP contribution in [0.15, 0.2) is 24.3 Å². The number of hydrogen-bond donors (Lipinski definition) is 3. The lowest BCUT2D eigenvalue weighted by Crippen LogP contribution is -2.55. The average molecular weight is 510 g/mol. The largest absolute Gasteiger partial charge is 0.508 e. The molecule has 1 aromatic carbocycles.